The lowest BCUT2D eigenvalue weighted by molar-refractivity contribution is 0.102. The zero-order chi connectivity index (χ0) is 21.1. The van der Waals surface area contributed by atoms with Crippen LogP contribution in [0, 0.1) is 5.92 Å². The van der Waals surface area contributed by atoms with Gasteiger partial charge in [-0.25, -0.2) is 15.0 Å². The van der Waals surface area contributed by atoms with Gasteiger partial charge in [-0.15, -0.1) is 0 Å². The molecule has 2 aromatic heterocycles. The lowest BCUT2D eigenvalue weighted by atomic mass is 9.99. The minimum atomic E-state index is -0.339. The van der Waals surface area contributed by atoms with Gasteiger partial charge in [-0.1, -0.05) is 18.5 Å². The van der Waals surface area contributed by atoms with E-state index in [2.05, 4.69) is 32.1 Å². The molecule has 156 valence electrons. The lowest BCUT2D eigenvalue weighted by Gasteiger charge is -2.31. The third-order valence-electron chi connectivity index (χ3n) is 5.24. The maximum absolute atomic E-state index is 12.6. The molecule has 0 spiro atoms. The van der Waals surface area contributed by atoms with Crippen molar-refractivity contribution in [2.45, 2.75) is 19.8 Å². The van der Waals surface area contributed by atoms with Crippen LogP contribution >= 0.6 is 11.6 Å². The Morgan fingerprint density at radius 1 is 1.17 bits per heavy atom. The van der Waals surface area contributed by atoms with Crippen LogP contribution < -0.4 is 15.0 Å². The molecule has 0 bridgehead atoms. The lowest BCUT2D eigenvalue weighted by Crippen LogP contribution is -2.33. The minimum absolute atomic E-state index is 0.272. The second-order valence-corrected chi connectivity index (χ2v) is 7.78. The number of aromatic nitrogens is 4. The highest BCUT2D eigenvalue weighted by atomic mass is 35.5. The first kappa shape index (κ1) is 20.2. The van der Waals surface area contributed by atoms with Crippen molar-refractivity contribution in [1.82, 2.24) is 19.5 Å². The number of carbonyl (C=O) groups excluding carboxylic acids is 1. The Morgan fingerprint density at radius 2 is 1.93 bits per heavy atom. The number of rotatable bonds is 5. The maximum atomic E-state index is 12.6. The van der Waals surface area contributed by atoms with E-state index in [1.54, 1.807) is 41.6 Å². The molecule has 8 nitrogen and oxygen atoms in total. The molecule has 1 aromatic carbocycles. The molecule has 9 heteroatoms. The highest BCUT2D eigenvalue weighted by molar-refractivity contribution is 6.32. The average Bonchev–Trinajstić information content (AvgIpc) is 3.25. The number of carbonyl (C=O) groups is 1. The minimum Gasteiger partial charge on any atom is -0.495 e. The first-order valence-electron chi connectivity index (χ1n) is 9.79. The molecule has 1 fully saturated rings. The zero-order valence-electron chi connectivity index (χ0n) is 16.9. The van der Waals surface area contributed by atoms with Gasteiger partial charge in [0, 0.05) is 31.0 Å². The van der Waals surface area contributed by atoms with E-state index >= 15 is 0 Å². The normalized spacial score (nSPS) is 14.6. The van der Waals surface area contributed by atoms with E-state index in [-0.39, 0.29) is 11.6 Å². The van der Waals surface area contributed by atoms with Gasteiger partial charge in [0.25, 0.3) is 5.91 Å². The number of benzene rings is 1. The summed E-state index contributed by atoms with van der Waals surface area (Å²) >= 11 is 6.12. The molecule has 0 saturated carbocycles. The summed E-state index contributed by atoms with van der Waals surface area (Å²) in [6, 6.07) is 6.96. The molecular weight excluding hydrogens is 404 g/mol. The fourth-order valence-electron chi connectivity index (χ4n) is 3.39. The molecule has 1 amide bonds. The molecule has 30 heavy (non-hydrogen) atoms. The highest BCUT2D eigenvalue weighted by Gasteiger charge is 2.18. The van der Waals surface area contributed by atoms with Crippen molar-refractivity contribution in [3.05, 3.63) is 53.8 Å². The fraction of sp³-hybridized carbons (Fsp3) is 0.333. The Labute approximate surface area is 179 Å². The van der Waals surface area contributed by atoms with Crippen LogP contribution in [0.1, 0.15) is 30.3 Å². The monoisotopic (exact) mass is 426 g/mol. The van der Waals surface area contributed by atoms with E-state index in [1.807, 2.05) is 6.07 Å². The Hall–Kier alpha value is -3.13. The SMILES string of the molecule is COc1ccc(NC(=O)c2cn(-c3cc(N4CCC(C)CC4)ncn3)cn2)cc1Cl. The van der Waals surface area contributed by atoms with E-state index in [1.165, 1.54) is 7.11 Å². The van der Waals surface area contributed by atoms with Crippen molar-refractivity contribution in [3.63, 3.8) is 0 Å². The van der Waals surface area contributed by atoms with Gasteiger partial charge in [-0.2, -0.15) is 0 Å². The summed E-state index contributed by atoms with van der Waals surface area (Å²) in [7, 11) is 1.54. The first-order valence-corrected chi connectivity index (χ1v) is 10.2. The fourth-order valence-corrected chi connectivity index (χ4v) is 3.65. The second kappa shape index (κ2) is 8.71. The summed E-state index contributed by atoms with van der Waals surface area (Å²) < 4.78 is 6.84. The van der Waals surface area contributed by atoms with Gasteiger partial charge in [0.1, 0.15) is 35.7 Å². The van der Waals surface area contributed by atoms with Crippen LogP contribution in [0.2, 0.25) is 5.02 Å². The van der Waals surface area contributed by atoms with Gasteiger partial charge < -0.3 is 15.0 Å². The third kappa shape index (κ3) is 4.38. The smallest absolute Gasteiger partial charge is 0.275 e. The molecule has 4 rings (SSSR count). The largest absolute Gasteiger partial charge is 0.495 e. The van der Waals surface area contributed by atoms with E-state index < -0.39 is 0 Å². The number of amides is 1. The van der Waals surface area contributed by atoms with Gasteiger partial charge in [-0.3, -0.25) is 9.36 Å². The summed E-state index contributed by atoms with van der Waals surface area (Å²) in [6.45, 7) is 4.25. The van der Waals surface area contributed by atoms with Crippen molar-refractivity contribution in [1.29, 1.82) is 0 Å². The molecule has 0 radical (unpaired) electrons. The molecule has 1 saturated heterocycles. The number of anilines is 2. The number of nitrogens with one attached hydrogen (secondary N) is 1. The predicted octanol–water partition coefficient (Wildman–Crippen LogP) is 3.81. The van der Waals surface area contributed by atoms with Crippen LogP contribution in [-0.4, -0.2) is 45.6 Å². The van der Waals surface area contributed by atoms with Crippen LogP contribution in [0.15, 0.2) is 43.1 Å². The topological polar surface area (TPSA) is 85.2 Å². The van der Waals surface area contributed by atoms with Crippen molar-refractivity contribution >= 4 is 29.0 Å². The Balaban J connectivity index is 1.48. The van der Waals surface area contributed by atoms with E-state index in [4.69, 9.17) is 16.3 Å². The number of imidazole rings is 1. The predicted molar refractivity (Wildman–Crippen MR) is 116 cm³/mol. The van der Waals surface area contributed by atoms with Crippen molar-refractivity contribution in [2.24, 2.45) is 5.92 Å². The summed E-state index contributed by atoms with van der Waals surface area (Å²) in [5, 5.41) is 3.20. The van der Waals surface area contributed by atoms with Gasteiger partial charge in [0.15, 0.2) is 0 Å². The molecule has 0 atom stereocenters. The second-order valence-electron chi connectivity index (χ2n) is 7.37. The zero-order valence-corrected chi connectivity index (χ0v) is 17.6. The number of methoxy groups -OCH3 is 1. The number of ether oxygens (including phenoxy) is 1. The summed E-state index contributed by atoms with van der Waals surface area (Å²) in [5.41, 5.74) is 0.831. The first-order chi connectivity index (χ1) is 14.5. The molecule has 0 unspecified atom stereocenters. The molecule has 1 aliphatic heterocycles. The third-order valence-corrected chi connectivity index (χ3v) is 5.53. The molecular formula is C21H23ClN6O2. The van der Waals surface area contributed by atoms with Crippen LogP contribution in [-0.2, 0) is 0 Å². The van der Waals surface area contributed by atoms with Gasteiger partial charge in [0.2, 0.25) is 0 Å². The Morgan fingerprint density at radius 3 is 2.67 bits per heavy atom. The summed E-state index contributed by atoms with van der Waals surface area (Å²) in [5.74, 6) is 2.51. The number of hydrogen-bond acceptors (Lipinski definition) is 6. The molecule has 1 aliphatic rings. The van der Waals surface area contributed by atoms with Crippen LogP contribution in [0.5, 0.6) is 5.75 Å². The maximum Gasteiger partial charge on any atom is 0.275 e. The molecule has 0 aliphatic carbocycles. The summed E-state index contributed by atoms with van der Waals surface area (Å²) in [4.78, 5) is 27.8. The van der Waals surface area contributed by atoms with Gasteiger partial charge in [-0.05, 0) is 37.0 Å². The van der Waals surface area contributed by atoms with Crippen molar-refractivity contribution in [2.75, 3.05) is 30.4 Å². The number of piperidine rings is 1. The van der Waals surface area contributed by atoms with E-state index in [0.717, 1.165) is 37.7 Å². The van der Waals surface area contributed by atoms with E-state index in [0.29, 0.717) is 22.3 Å². The average molecular weight is 427 g/mol. The van der Waals surface area contributed by atoms with Crippen LogP contribution in [0.3, 0.4) is 0 Å². The Bertz CT molecular complexity index is 1050. The summed E-state index contributed by atoms with van der Waals surface area (Å²) in [6.07, 6.45) is 7.07. The number of nitrogens with zero attached hydrogens (tertiary/aromatic N) is 5. The standard InChI is InChI=1S/C21H23ClN6O2/c1-14-5-7-27(8-6-14)19-10-20(24-12-23-19)28-11-17(25-13-28)21(29)26-15-3-4-18(30-2)16(22)9-15/h3-4,9-14H,5-8H2,1-2H3,(H,26,29). The molecule has 1 N–H and O–H groups in total. The van der Waals surface area contributed by atoms with Gasteiger partial charge in [0.05, 0.1) is 12.1 Å². The molecule has 3 aromatic rings. The quantitative estimate of drug-likeness (QED) is 0.667. The number of hydrogen-bond donors (Lipinski definition) is 1. The van der Waals surface area contributed by atoms with E-state index in [9.17, 15) is 4.79 Å². The molecule has 3 heterocycles. The number of halogens is 1. The van der Waals surface area contributed by atoms with Crippen molar-refractivity contribution < 1.29 is 9.53 Å². The van der Waals surface area contributed by atoms with Gasteiger partial charge >= 0.3 is 0 Å². The van der Waals surface area contributed by atoms with Crippen molar-refractivity contribution in [3.8, 4) is 11.6 Å². The van der Waals surface area contributed by atoms with Crippen LogP contribution in [0.25, 0.3) is 5.82 Å². The van der Waals surface area contributed by atoms with Crippen LogP contribution in [0.4, 0.5) is 11.5 Å². The highest BCUT2D eigenvalue weighted by Crippen LogP contribution is 2.27. The Kier molecular flexibility index (Phi) is 5.85.